The molecule has 0 aromatic heterocycles. The van der Waals surface area contributed by atoms with Crippen LogP contribution in [0.2, 0.25) is 0 Å². The summed E-state index contributed by atoms with van der Waals surface area (Å²) in [5.74, 6) is 0.130. The van der Waals surface area contributed by atoms with Gasteiger partial charge in [0, 0.05) is 19.7 Å². The Morgan fingerprint density at radius 3 is 2.41 bits per heavy atom. The molecule has 1 aliphatic rings. The lowest BCUT2D eigenvalue weighted by atomic mass is 10.1. The predicted octanol–water partition coefficient (Wildman–Crippen LogP) is 2.09. The van der Waals surface area contributed by atoms with Gasteiger partial charge in [-0.15, -0.1) is 0 Å². The van der Waals surface area contributed by atoms with Gasteiger partial charge in [0.1, 0.15) is 25.8 Å². The lowest BCUT2D eigenvalue weighted by molar-refractivity contribution is -0.140. The Kier molecular flexibility index (Phi) is 8.03. The summed E-state index contributed by atoms with van der Waals surface area (Å²) >= 11 is 0. The SMILES string of the molecule is CCC(C(=O)NC)N(Cc1cccc(C)c1)C(=O)CN(c1ccc2c(c1)OCCO2)S(C)(=O)=O. The van der Waals surface area contributed by atoms with E-state index >= 15 is 0 Å². The molecule has 184 valence electrons. The normalized spacial score (nSPS) is 13.6. The van der Waals surface area contributed by atoms with Crippen molar-refractivity contribution in [3.63, 3.8) is 0 Å². The maximum absolute atomic E-state index is 13.6. The number of hydrogen-bond acceptors (Lipinski definition) is 6. The number of benzene rings is 2. The first-order valence-electron chi connectivity index (χ1n) is 11.1. The Morgan fingerprint density at radius 2 is 1.79 bits per heavy atom. The molecule has 2 amide bonds. The van der Waals surface area contributed by atoms with Gasteiger partial charge in [-0.3, -0.25) is 13.9 Å². The Balaban J connectivity index is 1.95. The number of amides is 2. The third-order valence-corrected chi connectivity index (χ3v) is 6.70. The van der Waals surface area contributed by atoms with E-state index < -0.39 is 28.5 Å². The van der Waals surface area contributed by atoms with Gasteiger partial charge in [0.25, 0.3) is 0 Å². The molecule has 9 nitrogen and oxygen atoms in total. The highest BCUT2D eigenvalue weighted by Gasteiger charge is 2.31. The van der Waals surface area contributed by atoms with E-state index in [4.69, 9.17) is 9.47 Å². The van der Waals surface area contributed by atoms with E-state index in [1.165, 1.54) is 11.9 Å². The Hall–Kier alpha value is -3.27. The second kappa shape index (κ2) is 10.8. The van der Waals surface area contributed by atoms with E-state index in [1.54, 1.807) is 18.2 Å². The van der Waals surface area contributed by atoms with Crippen molar-refractivity contribution < 1.29 is 27.5 Å². The highest BCUT2D eigenvalue weighted by Crippen LogP contribution is 2.34. The van der Waals surface area contributed by atoms with Crippen molar-refractivity contribution in [1.29, 1.82) is 0 Å². The minimum absolute atomic E-state index is 0.172. The highest BCUT2D eigenvalue weighted by molar-refractivity contribution is 7.92. The fourth-order valence-electron chi connectivity index (χ4n) is 3.89. The molecule has 10 heteroatoms. The fraction of sp³-hybridized carbons (Fsp3) is 0.417. The first-order valence-corrected chi connectivity index (χ1v) is 12.9. The van der Waals surface area contributed by atoms with E-state index in [2.05, 4.69) is 5.32 Å². The minimum atomic E-state index is -3.82. The number of rotatable bonds is 9. The number of likely N-dealkylation sites (N-methyl/N-ethyl adjacent to an activating group) is 1. The predicted molar refractivity (Wildman–Crippen MR) is 129 cm³/mol. The Labute approximate surface area is 200 Å². The molecule has 0 bridgehead atoms. The van der Waals surface area contributed by atoms with Crippen molar-refractivity contribution >= 4 is 27.5 Å². The molecule has 1 unspecified atom stereocenters. The van der Waals surface area contributed by atoms with Gasteiger partial charge in [0.2, 0.25) is 21.8 Å². The average molecular weight is 490 g/mol. The smallest absolute Gasteiger partial charge is 0.244 e. The molecule has 1 heterocycles. The van der Waals surface area contributed by atoms with Crippen LogP contribution >= 0.6 is 0 Å². The number of aryl methyl sites for hydroxylation is 1. The molecule has 1 N–H and O–H groups in total. The number of sulfonamides is 1. The fourth-order valence-corrected chi connectivity index (χ4v) is 4.74. The molecular formula is C24H31N3O6S. The molecule has 0 aliphatic carbocycles. The zero-order valence-corrected chi connectivity index (χ0v) is 20.7. The number of anilines is 1. The lowest BCUT2D eigenvalue weighted by Gasteiger charge is -2.32. The number of carbonyl (C=O) groups is 2. The van der Waals surface area contributed by atoms with Crippen LogP contribution in [0.4, 0.5) is 5.69 Å². The van der Waals surface area contributed by atoms with Crippen LogP contribution < -0.4 is 19.1 Å². The molecule has 2 aromatic rings. The number of nitrogens with zero attached hydrogens (tertiary/aromatic N) is 2. The first-order chi connectivity index (χ1) is 16.1. The molecule has 1 atom stereocenters. The summed E-state index contributed by atoms with van der Waals surface area (Å²) in [5, 5.41) is 2.60. The molecular weight excluding hydrogens is 458 g/mol. The van der Waals surface area contributed by atoms with Gasteiger partial charge in [-0.05, 0) is 31.0 Å². The van der Waals surface area contributed by atoms with Crippen LogP contribution in [0.15, 0.2) is 42.5 Å². The van der Waals surface area contributed by atoms with E-state index in [1.807, 2.05) is 38.1 Å². The topological polar surface area (TPSA) is 105 Å². The molecule has 1 aliphatic heterocycles. The Bertz CT molecular complexity index is 1150. The van der Waals surface area contributed by atoms with Gasteiger partial charge >= 0.3 is 0 Å². The first kappa shape index (κ1) is 25.4. The number of ether oxygens (including phenoxy) is 2. The molecule has 34 heavy (non-hydrogen) atoms. The number of nitrogens with one attached hydrogen (secondary N) is 1. The molecule has 0 saturated carbocycles. The molecule has 0 spiro atoms. The van der Waals surface area contributed by atoms with Gasteiger partial charge < -0.3 is 19.7 Å². The van der Waals surface area contributed by atoms with Gasteiger partial charge in [-0.1, -0.05) is 36.8 Å². The minimum Gasteiger partial charge on any atom is -0.486 e. The summed E-state index contributed by atoms with van der Waals surface area (Å²) in [7, 11) is -2.31. The summed E-state index contributed by atoms with van der Waals surface area (Å²) < 4.78 is 37.5. The van der Waals surface area contributed by atoms with Crippen LogP contribution in [0, 0.1) is 6.92 Å². The van der Waals surface area contributed by atoms with Crippen molar-refractivity contribution in [2.45, 2.75) is 32.9 Å². The van der Waals surface area contributed by atoms with Crippen molar-refractivity contribution in [1.82, 2.24) is 10.2 Å². The third kappa shape index (κ3) is 5.99. The summed E-state index contributed by atoms with van der Waals surface area (Å²) in [6.07, 6.45) is 1.41. The standard InChI is InChI=1S/C24H31N3O6S/c1-5-20(24(29)25-3)26(15-18-8-6-7-17(2)13-18)23(28)16-27(34(4,30)31)19-9-10-21-22(14-19)33-12-11-32-21/h6-10,13-14,20H,5,11-12,15-16H2,1-4H3,(H,25,29). The molecule has 3 rings (SSSR count). The number of fused-ring (bicyclic) bond motifs is 1. The summed E-state index contributed by atoms with van der Waals surface area (Å²) in [6.45, 7) is 4.23. The van der Waals surface area contributed by atoms with Crippen LogP contribution in [-0.4, -0.2) is 64.2 Å². The average Bonchev–Trinajstić information content (AvgIpc) is 2.81. The van der Waals surface area contributed by atoms with Crippen LogP contribution in [-0.2, 0) is 26.2 Å². The van der Waals surface area contributed by atoms with Gasteiger partial charge in [-0.2, -0.15) is 0 Å². The zero-order valence-electron chi connectivity index (χ0n) is 19.9. The summed E-state index contributed by atoms with van der Waals surface area (Å²) in [5.41, 5.74) is 2.15. The zero-order chi connectivity index (χ0) is 24.9. The number of carbonyl (C=O) groups excluding carboxylic acids is 2. The third-order valence-electron chi connectivity index (χ3n) is 5.56. The van der Waals surface area contributed by atoms with E-state index in [0.717, 1.165) is 21.7 Å². The van der Waals surface area contributed by atoms with Gasteiger partial charge in [-0.25, -0.2) is 8.42 Å². The van der Waals surface area contributed by atoms with Gasteiger partial charge in [0.05, 0.1) is 11.9 Å². The van der Waals surface area contributed by atoms with Crippen LogP contribution in [0.5, 0.6) is 11.5 Å². The highest BCUT2D eigenvalue weighted by atomic mass is 32.2. The maximum atomic E-state index is 13.6. The van der Waals surface area contributed by atoms with Crippen LogP contribution in [0.1, 0.15) is 24.5 Å². The molecule has 2 aromatic carbocycles. The van der Waals surface area contributed by atoms with Crippen molar-refractivity contribution in [3.8, 4) is 11.5 Å². The lowest BCUT2D eigenvalue weighted by Crippen LogP contribution is -2.51. The second-order valence-corrected chi connectivity index (χ2v) is 10.1. The Morgan fingerprint density at radius 1 is 1.09 bits per heavy atom. The van der Waals surface area contributed by atoms with Crippen molar-refractivity contribution in [3.05, 3.63) is 53.6 Å². The van der Waals surface area contributed by atoms with Crippen molar-refractivity contribution in [2.75, 3.05) is 37.4 Å². The van der Waals surface area contributed by atoms with Gasteiger partial charge in [0.15, 0.2) is 11.5 Å². The second-order valence-electron chi connectivity index (χ2n) is 8.15. The quantitative estimate of drug-likeness (QED) is 0.578. The summed E-state index contributed by atoms with van der Waals surface area (Å²) in [6, 6.07) is 11.6. The van der Waals surface area contributed by atoms with Crippen molar-refractivity contribution in [2.24, 2.45) is 0 Å². The monoisotopic (exact) mass is 489 g/mol. The van der Waals surface area contributed by atoms with E-state index in [9.17, 15) is 18.0 Å². The van der Waals surface area contributed by atoms with Crippen LogP contribution in [0.25, 0.3) is 0 Å². The summed E-state index contributed by atoms with van der Waals surface area (Å²) in [4.78, 5) is 27.6. The molecule has 0 fully saturated rings. The molecule has 0 saturated heterocycles. The van der Waals surface area contributed by atoms with Crippen LogP contribution in [0.3, 0.4) is 0 Å². The van der Waals surface area contributed by atoms with E-state index in [0.29, 0.717) is 31.1 Å². The molecule has 0 radical (unpaired) electrons. The number of hydrogen-bond donors (Lipinski definition) is 1. The largest absolute Gasteiger partial charge is 0.486 e. The van der Waals surface area contributed by atoms with E-state index in [-0.39, 0.29) is 18.1 Å². The maximum Gasteiger partial charge on any atom is 0.244 e.